The summed E-state index contributed by atoms with van der Waals surface area (Å²) in [6.07, 6.45) is 10.5. The van der Waals surface area contributed by atoms with Gasteiger partial charge in [0, 0.05) is 61.3 Å². The number of benzene rings is 1. The standard InChI is InChI=1S/C19H16N6O/c1-25-12-16(11-24-25)15-6-13(8-20-10-15)9-23-19(26)14-2-3-17-18(7-14)22-5-4-21-17/h2-8,10-12H,9H2,1H3,(H,23,26). The Bertz CT molecular complexity index is 1090. The molecule has 0 aliphatic rings. The van der Waals surface area contributed by atoms with Gasteiger partial charge in [-0.25, -0.2) is 0 Å². The zero-order valence-corrected chi connectivity index (χ0v) is 14.1. The highest BCUT2D eigenvalue weighted by molar-refractivity contribution is 5.97. The molecule has 0 atom stereocenters. The average molecular weight is 344 g/mol. The summed E-state index contributed by atoms with van der Waals surface area (Å²) in [7, 11) is 1.87. The molecule has 1 aromatic carbocycles. The number of aryl methyl sites for hydroxylation is 1. The molecule has 0 saturated carbocycles. The van der Waals surface area contributed by atoms with Crippen LogP contribution in [0.15, 0.2) is 61.4 Å². The summed E-state index contributed by atoms with van der Waals surface area (Å²) in [6.45, 7) is 0.387. The third-order valence-electron chi connectivity index (χ3n) is 4.02. The molecule has 128 valence electrons. The fourth-order valence-electron chi connectivity index (χ4n) is 2.70. The Kier molecular flexibility index (Phi) is 4.10. The van der Waals surface area contributed by atoms with Crippen LogP contribution in [-0.2, 0) is 13.6 Å². The van der Waals surface area contributed by atoms with Crippen molar-refractivity contribution in [1.82, 2.24) is 30.0 Å². The number of amides is 1. The van der Waals surface area contributed by atoms with E-state index in [0.717, 1.165) is 22.2 Å². The summed E-state index contributed by atoms with van der Waals surface area (Å²) in [5, 5.41) is 7.09. The SMILES string of the molecule is Cn1cc(-c2cncc(CNC(=O)c3ccc4nccnc4c3)c2)cn1. The van der Waals surface area contributed by atoms with E-state index in [1.165, 1.54) is 0 Å². The lowest BCUT2D eigenvalue weighted by Crippen LogP contribution is -2.22. The van der Waals surface area contributed by atoms with Crippen LogP contribution < -0.4 is 5.32 Å². The highest BCUT2D eigenvalue weighted by atomic mass is 16.1. The molecule has 1 amide bonds. The number of rotatable bonds is 4. The number of carbonyl (C=O) groups excluding carboxylic acids is 1. The minimum absolute atomic E-state index is 0.163. The molecule has 0 saturated heterocycles. The molecule has 4 aromatic rings. The zero-order valence-electron chi connectivity index (χ0n) is 14.1. The second kappa shape index (κ2) is 6.72. The zero-order chi connectivity index (χ0) is 17.9. The average Bonchev–Trinajstić information content (AvgIpc) is 3.12. The van der Waals surface area contributed by atoms with Crippen molar-refractivity contribution in [3.63, 3.8) is 0 Å². The Hall–Kier alpha value is -3.61. The van der Waals surface area contributed by atoms with Gasteiger partial charge < -0.3 is 5.32 Å². The summed E-state index contributed by atoms with van der Waals surface area (Å²) in [4.78, 5) is 25.1. The van der Waals surface area contributed by atoms with Gasteiger partial charge in [-0.1, -0.05) is 0 Å². The van der Waals surface area contributed by atoms with Crippen molar-refractivity contribution < 1.29 is 4.79 Å². The molecule has 0 aliphatic heterocycles. The van der Waals surface area contributed by atoms with Gasteiger partial charge in [0.1, 0.15) is 0 Å². The Morgan fingerprint density at radius 3 is 2.69 bits per heavy atom. The Morgan fingerprint density at radius 2 is 1.88 bits per heavy atom. The summed E-state index contributed by atoms with van der Waals surface area (Å²) in [6, 6.07) is 7.27. The highest BCUT2D eigenvalue weighted by Gasteiger charge is 2.08. The lowest BCUT2D eigenvalue weighted by atomic mass is 10.1. The van der Waals surface area contributed by atoms with E-state index < -0.39 is 0 Å². The predicted molar refractivity (Wildman–Crippen MR) is 97.1 cm³/mol. The number of nitrogens with one attached hydrogen (secondary N) is 1. The molecule has 0 radical (unpaired) electrons. The summed E-state index contributed by atoms with van der Waals surface area (Å²) >= 11 is 0. The fraction of sp³-hybridized carbons (Fsp3) is 0.105. The molecule has 0 spiro atoms. The van der Waals surface area contributed by atoms with Crippen LogP contribution in [0.25, 0.3) is 22.2 Å². The third-order valence-corrected chi connectivity index (χ3v) is 4.02. The van der Waals surface area contributed by atoms with Crippen LogP contribution in [0.5, 0.6) is 0 Å². The summed E-state index contributed by atoms with van der Waals surface area (Å²) in [5.41, 5.74) is 4.87. The molecular weight excluding hydrogens is 328 g/mol. The highest BCUT2D eigenvalue weighted by Crippen LogP contribution is 2.18. The molecular formula is C19H16N6O. The van der Waals surface area contributed by atoms with Gasteiger partial charge in [-0.15, -0.1) is 0 Å². The van der Waals surface area contributed by atoms with Gasteiger partial charge in [0.05, 0.1) is 17.2 Å². The van der Waals surface area contributed by atoms with Gasteiger partial charge in [0.2, 0.25) is 0 Å². The van der Waals surface area contributed by atoms with E-state index in [2.05, 4.69) is 25.4 Å². The number of carbonyl (C=O) groups is 1. The van der Waals surface area contributed by atoms with Crippen molar-refractivity contribution >= 4 is 16.9 Å². The van der Waals surface area contributed by atoms with Crippen LogP contribution in [0, 0.1) is 0 Å². The van der Waals surface area contributed by atoms with Gasteiger partial charge in [0.15, 0.2) is 0 Å². The monoisotopic (exact) mass is 344 g/mol. The number of nitrogens with zero attached hydrogens (tertiary/aromatic N) is 5. The van der Waals surface area contributed by atoms with Gasteiger partial charge in [0.25, 0.3) is 5.91 Å². The van der Waals surface area contributed by atoms with Crippen molar-refractivity contribution in [1.29, 1.82) is 0 Å². The maximum Gasteiger partial charge on any atom is 0.251 e. The van der Waals surface area contributed by atoms with E-state index >= 15 is 0 Å². The van der Waals surface area contributed by atoms with Crippen LogP contribution >= 0.6 is 0 Å². The van der Waals surface area contributed by atoms with Crippen molar-refractivity contribution in [2.75, 3.05) is 0 Å². The van der Waals surface area contributed by atoms with Gasteiger partial charge in [-0.05, 0) is 29.8 Å². The number of hydrogen-bond donors (Lipinski definition) is 1. The van der Waals surface area contributed by atoms with Crippen molar-refractivity contribution in [3.8, 4) is 11.1 Å². The lowest BCUT2D eigenvalue weighted by Gasteiger charge is -2.07. The number of hydrogen-bond acceptors (Lipinski definition) is 5. The molecule has 0 bridgehead atoms. The van der Waals surface area contributed by atoms with Crippen LogP contribution in [0.2, 0.25) is 0 Å². The molecule has 3 aromatic heterocycles. The summed E-state index contributed by atoms with van der Waals surface area (Å²) in [5.74, 6) is -0.163. The van der Waals surface area contributed by atoms with Gasteiger partial charge in [-0.3, -0.25) is 24.4 Å². The Morgan fingerprint density at radius 1 is 1.04 bits per heavy atom. The molecule has 0 unspecified atom stereocenters. The second-order valence-corrected chi connectivity index (χ2v) is 5.93. The van der Waals surface area contributed by atoms with Gasteiger partial charge >= 0.3 is 0 Å². The fourth-order valence-corrected chi connectivity index (χ4v) is 2.70. The van der Waals surface area contributed by atoms with Crippen LogP contribution in [0.1, 0.15) is 15.9 Å². The third kappa shape index (κ3) is 3.27. The van der Waals surface area contributed by atoms with E-state index in [1.54, 1.807) is 53.9 Å². The molecule has 7 heteroatoms. The van der Waals surface area contributed by atoms with Crippen molar-refractivity contribution in [2.24, 2.45) is 7.05 Å². The first-order chi connectivity index (χ1) is 12.7. The van der Waals surface area contributed by atoms with E-state index in [0.29, 0.717) is 17.6 Å². The Balaban J connectivity index is 1.48. The second-order valence-electron chi connectivity index (χ2n) is 5.93. The van der Waals surface area contributed by atoms with Crippen LogP contribution in [0.3, 0.4) is 0 Å². The topological polar surface area (TPSA) is 85.6 Å². The quantitative estimate of drug-likeness (QED) is 0.614. The van der Waals surface area contributed by atoms with Gasteiger partial charge in [-0.2, -0.15) is 5.10 Å². The minimum Gasteiger partial charge on any atom is -0.348 e. The smallest absolute Gasteiger partial charge is 0.251 e. The minimum atomic E-state index is -0.163. The normalized spacial score (nSPS) is 10.8. The molecule has 7 nitrogen and oxygen atoms in total. The van der Waals surface area contributed by atoms with Crippen molar-refractivity contribution in [3.05, 3.63) is 72.6 Å². The lowest BCUT2D eigenvalue weighted by molar-refractivity contribution is 0.0951. The molecule has 0 fully saturated rings. The first-order valence-corrected chi connectivity index (χ1v) is 8.11. The van der Waals surface area contributed by atoms with E-state index in [9.17, 15) is 4.79 Å². The van der Waals surface area contributed by atoms with E-state index in [-0.39, 0.29) is 5.91 Å². The van der Waals surface area contributed by atoms with Crippen LogP contribution in [0.4, 0.5) is 0 Å². The molecule has 26 heavy (non-hydrogen) atoms. The van der Waals surface area contributed by atoms with E-state index in [1.807, 2.05) is 19.3 Å². The predicted octanol–water partition coefficient (Wildman–Crippen LogP) is 2.36. The molecule has 1 N–H and O–H groups in total. The van der Waals surface area contributed by atoms with Crippen LogP contribution in [-0.4, -0.2) is 30.6 Å². The number of pyridine rings is 1. The first-order valence-electron chi connectivity index (χ1n) is 8.11. The maximum absolute atomic E-state index is 12.4. The summed E-state index contributed by atoms with van der Waals surface area (Å²) < 4.78 is 1.74. The largest absolute Gasteiger partial charge is 0.348 e. The Labute approximate surface area is 149 Å². The first kappa shape index (κ1) is 15.9. The maximum atomic E-state index is 12.4. The number of fused-ring (bicyclic) bond motifs is 1. The molecule has 0 aliphatic carbocycles. The number of aromatic nitrogens is 5. The van der Waals surface area contributed by atoms with Crippen molar-refractivity contribution in [2.45, 2.75) is 6.54 Å². The molecule has 4 rings (SSSR count). The molecule has 3 heterocycles. The van der Waals surface area contributed by atoms with E-state index in [4.69, 9.17) is 0 Å².